The molecule has 0 aliphatic heterocycles. The maximum atomic E-state index is 11.9. The summed E-state index contributed by atoms with van der Waals surface area (Å²) >= 11 is 0. The zero-order valence-corrected chi connectivity index (χ0v) is 14.5. The monoisotopic (exact) mass is 340 g/mol. The molecule has 0 fully saturated rings. The molecule has 25 heavy (non-hydrogen) atoms. The predicted molar refractivity (Wildman–Crippen MR) is 96.4 cm³/mol. The molecule has 132 valence electrons. The predicted octanol–water partition coefficient (Wildman–Crippen LogP) is 4.08. The lowest BCUT2D eigenvalue weighted by molar-refractivity contribution is -0.138. The Morgan fingerprint density at radius 2 is 1.88 bits per heavy atom. The number of aryl methyl sites for hydroxylation is 2. The smallest absolute Gasteiger partial charge is 0.311 e. The molecule has 0 saturated heterocycles. The minimum absolute atomic E-state index is 0.0752. The quantitative estimate of drug-likeness (QED) is 0.831. The molecule has 0 radical (unpaired) electrons. The fourth-order valence-electron chi connectivity index (χ4n) is 3.51. The molecule has 0 heterocycles. The maximum absolute atomic E-state index is 11.9. The summed E-state index contributed by atoms with van der Waals surface area (Å²) in [5.41, 5.74) is 4.32. The third kappa shape index (κ3) is 3.95. The minimum Gasteiger partial charge on any atom is -0.504 e. The Morgan fingerprint density at radius 1 is 1.12 bits per heavy atom. The molecule has 2 aromatic carbocycles. The van der Waals surface area contributed by atoms with Gasteiger partial charge in [0.1, 0.15) is 0 Å². The van der Waals surface area contributed by atoms with Gasteiger partial charge < -0.3 is 14.9 Å². The van der Waals surface area contributed by atoms with Gasteiger partial charge in [0.15, 0.2) is 11.5 Å². The Morgan fingerprint density at radius 3 is 2.60 bits per heavy atom. The van der Waals surface area contributed by atoms with Crippen molar-refractivity contribution in [1.29, 1.82) is 0 Å². The Kier molecular flexibility index (Phi) is 5.27. The Labute approximate surface area is 148 Å². The van der Waals surface area contributed by atoms with E-state index in [9.17, 15) is 15.0 Å². The molecule has 0 spiro atoms. The first-order chi connectivity index (χ1) is 12.1. The van der Waals surface area contributed by atoms with Crippen LogP contribution in [0.1, 0.15) is 47.9 Å². The molecule has 4 nitrogen and oxygen atoms in total. The molecule has 1 aliphatic carbocycles. The van der Waals surface area contributed by atoms with Gasteiger partial charge in [-0.2, -0.15) is 0 Å². The van der Waals surface area contributed by atoms with E-state index in [1.807, 2.05) is 13.0 Å². The second-order valence-electron chi connectivity index (χ2n) is 6.57. The standard InChI is InChI=1S/C21H24O4/c1-2-25-20-12-14(7-10-19(20)22)11-18(21(23)24)17-9-8-15-5-3-4-6-16(15)13-17/h7-10,12-13,18,22H,2-6,11H2,1H3,(H,23,24). The van der Waals surface area contributed by atoms with Gasteiger partial charge in [0.2, 0.25) is 0 Å². The molecule has 0 bridgehead atoms. The molecule has 0 aromatic heterocycles. The largest absolute Gasteiger partial charge is 0.504 e. The van der Waals surface area contributed by atoms with Crippen LogP contribution in [0.4, 0.5) is 0 Å². The third-order valence-electron chi connectivity index (χ3n) is 4.84. The average Bonchev–Trinajstić information content (AvgIpc) is 2.62. The van der Waals surface area contributed by atoms with Gasteiger partial charge in [0.05, 0.1) is 12.5 Å². The van der Waals surface area contributed by atoms with Crippen LogP contribution in [0, 0.1) is 0 Å². The third-order valence-corrected chi connectivity index (χ3v) is 4.84. The van der Waals surface area contributed by atoms with Crippen LogP contribution in [0.25, 0.3) is 0 Å². The molecule has 0 saturated carbocycles. The number of aromatic hydroxyl groups is 1. The Bertz CT molecular complexity index is 766. The van der Waals surface area contributed by atoms with Gasteiger partial charge in [-0.15, -0.1) is 0 Å². The molecule has 2 aromatic rings. The molecule has 1 atom stereocenters. The lowest BCUT2D eigenvalue weighted by Gasteiger charge is -2.20. The van der Waals surface area contributed by atoms with Crippen molar-refractivity contribution in [3.8, 4) is 11.5 Å². The molecule has 0 amide bonds. The summed E-state index contributed by atoms with van der Waals surface area (Å²) in [7, 11) is 0. The van der Waals surface area contributed by atoms with E-state index in [-0.39, 0.29) is 5.75 Å². The van der Waals surface area contributed by atoms with Gasteiger partial charge in [-0.05, 0) is 73.4 Å². The number of hydrogen-bond donors (Lipinski definition) is 2. The van der Waals surface area contributed by atoms with Crippen LogP contribution in [0.15, 0.2) is 36.4 Å². The van der Waals surface area contributed by atoms with Crippen LogP contribution in [-0.2, 0) is 24.1 Å². The molecular formula is C21H24O4. The summed E-state index contributed by atoms with van der Waals surface area (Å²) in [4.78, 5) is 11.9. The van der Waals surface area contributed by atoms with Crippen molar-refractivity contribution in [1.82, 2.24) is 0 Å². The Hall–Kier alpha value is -2.49. The summed E-state index contributed by atoms with van der Waals surface area (Å²) in [6.45, 7) is 2.30. The summed E-state index contributed by atoms with van der Waals surface area (Å²) in [5, 5.41) is 19.6. The van der Waals surface area contributed by atoms with Crippen molar-refractivity contribution >= 4 is 5.97 Å². The van der Waals surface area contributed by atoms with E-state index in [4.69, 9.17) is 4.74 Å². The van der Waals surface area contributed by atoms with Gasteiger partial charge in [-0.25, -0.2) is 0 Å². The van der Waals surface area contributed by atoms with Crippen LogP contribution in [0.3, 0.4) is 0 Å². The van der Waals surface area contributed by atoms with Crippen molar-refractivity contribution in [2.24, 2.45) is 0 Å². The van der Waals surface area contributed by atoms with Crippen molar-refractivity contribution in [2.75, 3.05) is 6.61 Å². The second kappa shape index (κ2) is 7.60. The summed E-state index contributed by atoms with van der Waals surface area (Å²) in [6, 6.07) is 11.2. The number of carbonyl (C=O) groups is 1. The number of benzene rings is 2. The van der Waals surface area contributed by atoms with E-state index in [1.54, 1.807) is 18.2 Å². The zero-order chi connectivity index (χ0) is 17.8. The highest BCUT2D eigenvalue weighted by molar-refractivity contribution is 5.76. The van der Waals surface area contributed by atoms with Gasteiger partial charge in [-0.3, -0.25) is 4.79 Å². The van der Waals surface area contributed by atoms with Crippen molar-refractivity contribution in [2.45, 2.75) is 44.9 Å². The first-order valence-electron chi connectivity index (χ1n) is 8.87. The first-order valence-corrected chi connectivity index (χ1v) is 8.87. The van der Waals surface area contributed by atoms with E-state index >= 15 is 0 Å². The summed E-state index contributed by atoms with van der Waals surface area (Å²) in [6.07, 6.45) is 4.87. The van der Waals surface area contributed by atoms with E-state index in [0.717, 1.165) is 24.0 Å². The molecular weight excluding hydrogens is 316 g/mol. The number of phenols is 1. The van der Waals surface area contributed by atoms with Crippen LogP contribution in [0.2, 0.25) is 0 Å². The highest BCUT2D eigenvalue weighted by Gasteiger charge is 2.22. The van der Waals surface area contributed by atoms with Crippen LogP contribution >= 0.6 is 0 Å². The molecule has 1 unspecified atom stereocenters. The molecule has 2 N–H and O–H groups in total. The number of rotatable bonds is 6. The molecule has 1 aliphatic rings. The summed E-state index contributed by atoms with van der Waals surface area (Å²) < 4.78 is 5.40. The number of hydrogen-bond acceptors (Lipinski definition) is 3. The van der Waals surface area contributed by atoms with E-state index in [0.29, 0.717) is 18.8 Å². The van der Waals surface area contributed by atoms with Crippen LogP contribution in [-0.4, -0.2) is 22.8 Å². The fourth-order valence-corrected chi connectivity index (χ4v) is 3.51. The average molecular weight is 340 g/mol. The first kappa shape index (κ1) is 17.3. The number of fused-ring (bicyclic) bond motifs is 1. The fraction of sp³-hybridized carbons (Fsp3) is 0.381. The SMILES string of the molecule is CCOc1cc(CC(C(=O)O)c2ccc3c(c2)CCCC3)ccc1O. The lowest BCUT2D eigenvalue weighted by Crippen LogP contribution is -2.15. The van der Waals surface area contributed by atoms with Crippen molar-refractivity contribution in [3.63, 3.8) is 0 Å². The second-order valence-corrected chi connectivity index (χ2v) is 6.57. The molecule has 4 heteroatoms. The zero-order valence-electron chi connectivity index (χ0n) is 14.5. The van der Waals surface area contributed by atoms with Gasteiger partial charge in [-0.1, -0.05) is 24.3 Å². The number of phenolic OH excluding ortho intramolecular Hbond substituents is 1. The van der Waals surface area contributed by atoms with Crippen molar-refractivity contribution in [3.05, 3.63) is 58.7 Å². The topological polar surface area (TPSA) is 66.8 Å². The summed E-state index contributed by atoms with van der Waals surface area (Å²) in [5.74, 6) is -0.964. The maximum Gasteiger partial charge on any atom is 0.311 e. The number of carboxylic acid groups (broad SMARTS) is 1. The normalized spacial score (nSPS) is 14.6. The highest BCUT2D eigenvalue weighted by Crippen LogP contribution is 2.31. The van der Waals surface area contributed by atoms with Gasteiger partial charge in [0, 0.05) is 0 Å². The van der Waals surface area contributed by atoms with E-state index in [1.165, 1.54) is 24.0 Å². The minimum atomic E-state index is -0.832. The van der Waals surface area contributed by atoms with Crippen LogP contribution < -0.4 is 4.74 Å². The number of aliphatic carboxylic acids is 1. The molecule has 3 rings (SSSR count). The Balaban J connectivity index is 1.87. The van der Waals surface area contributed by atoms with Crippen LogP contribution in [0.5, 0.6) is 11.5 Å². The number of carboxylic acids is 1. The van der Waals surface area contributed by atoms with E-state index < -0.39 is 11.9 Å². The van der Waals surface area contributed by atoms with Crippen molar-refractivity contribution < 1.29 is 19.7 Å². The lowest BCUT2D eigenvalue weighted by atomic mass is 9.85. The highest BCUT2D eigenvalue weighted by atomic mass is 16.5. The van der Waals surface area contributed by atoms with E-state index in [2.05, 4.69) is 12.1 Å². The van der Waals surface area contributed by atoms with Gasteiger partial charge in [0.25, 0.3) is 0 Å². The van der Waals surface area contributed by atoms with Gasteiger partial charge >= 0.3 is 5.97 Å². The number of ether oxygens (including phenoxy) is 1.